The smallest absolute Gasteiger partial charge is 0.222 e. The summed E-state index contributed by atoms with van der Waals surface area (Å²) in [5, 5.41) is 2.65. The molecule has 1 N–H and O–H groups in total. The first kappa shape index (κ1) is 20.5. The Morgan fingerprint density at radius 3 is 2.57 bits per heavy atom. The van der Waals surface area contributed by atoms with E-state index < -0.39 is 10.0 Å². The zero-order valence-electron chi connectivity index (χ0n) is 15.9. The highest BCUT2D eigenvalue weighted by Gasteiger charge is 2.27. The van der Waals surface area contributed by atoms with Gasteiger partial charge in [-0.05, 0) is 18.6 Å². The highest BCUT2D eigenvalue weighted by atomic mass is 32.2. The first-order valence-electron chi connectivity index (χ1n) is 9.64. The number of rotatable bonds is 8. The van der Waals surface area contributed by atoms with Crippen LogP contribution in [0.1, 0.15) is 19.3 Å². The third kappa shape index (κ3) is 5.41. The number of pyridine rings is 1. The van der Waals surface area contributed by atoms with E-state index in [9.17, 15) is 18.0 Å². The second-order valence-corrected chi connectivity index (χ2v) is 9.06. The molecular formula is C18H27N5O4S. The molecule has 0 saturated carbocycles. The number of carbonyl (C=O) groups excluding carboxylic acids is 2. The van der Waals surface area contributed by atoms with E-state index >= 15 is 0 Å². The molecule has 3 heterocycles. The maximum Gasteiger partial charge on any atom is 0.222 e. The van der Waals surface area contributed by atoms with Crippen LogP contribution in [-0.2, 0) is 19.6 Å². The van der Waals surface area contributed by atoms with Gasteiger partial charge in [0.1, 0.15) is 5.82 Å². The van der Waals surface area contributed by atoms with Crippen LogP contribution in [0.5, 0.6) is 0 Å². The first-order chi connectivity index (χ1) is 13.5. The van der Waals surface area contributed by atoms with Gasteiger partial charge in [0.05, 0.1) is 5.75 Å². The van der Waals surface area contributed by atoms with E-state index in [1.54, 1.807) is 11.1 Å². The van der Waals surface area contributed by atoms with Crippen LogP contribution >= 0.6 is 0 Å². The third-order valence-corrected chi connectivity index (χ3v) is 6.94. The molecule has 1 aromatic rings. The molecule has 2 aliphatic rings. The average molecular weight is 410 g/mol. The van der Waals surface area contributed by atoms with Gasteiger partial charge in [-0.3, -0.25) is 9.59 Å². The van der Waals surface area contributed by atoms with Crippen molar-refractivity contribution in [2.45, 2.75) is 19.3 Å². The summed E-state index contributed by atoms with van der Waals surface area (Å²) >= 11 is 0. The number of sulfonamides is 1. The molecule has 0 aromatic carbocycles. The number of piperazine rings is 1. The Morgan fingerprint density at radius 2 is 1.93 bits per heavy atom. The van der Waals surface area contributed by atoms with Crippen LogP contribution in [0.4, 0.5) is 5.82 Å². The molecule has 0 atom stereocenters. The number of anilines is 1. The number of hydrogen-bond acceptors (Lipinski definition) is 6. The Morgan fingerprint density at radius 1 is 1.14 bits per heavy atom. The largest absolute Gasteiger partial charge is 0.355 e. The number of aromatic nitrogens is 1. The molecule has 2 aliphatic heterocycles. The van der Waals surface area contributed by atoms with Crippen molar-refractivity contribution >= 4 is 27.7 Å². The first-order valence-corrected chi connectivity index (χ1v) is 11.2. The van der Waals surface area contributed by atoms with E-state index in [2.05, 4.69) is 15.2 Å². The van der Waals surface area contributed by atoms with Gasteiger partial charge in [0.25, 0.3) is 0 Å². The van der Waals surface area contributed by atoms with Gasteiger partial charge >= 0.3 is 0 Å². The lowest BCUT2D eigenvalue weighted by molar-refractivity contribution is -0.128. The van der Waals surface area contributed by atoms with Gasteiger partial charge in [-0.25, -0.2) is 13.4 Å². The van der Waals surface area contributed by atoms with Crippen LogP contribution in [0.2, 0.25) is 0 Å². The van der Waals surface area contributed by atoms with E-state index in [0.29, 0.717) is 45.7 Å². The molecule has 2 amide bonds. The third-order valence-electron chi connectivity index (χ3n) is 5.07. The summed E-state index contributed by atoms with van der Waals surface area (Å²) in [4.78, 5) is 31.5. The molecule has 1 aromatic heterocycles. The molecule has 3 rings (SSSR count). The maximum absolute atomic E-state index is 12.5. The van der Waals surface area contributed by atoms with Gasteiger partial charge in [0.15, 0.2) is 0 Å². The summed E-state index contributed by atoms with van der Waals surface area (Å²) in [5.41, 5.74) is 0. The van der Waals surface area contributed by atoms with E-state index in [1.807, 2.05) is 18.2 Å². The average Bonchev–Trinajstić information content (AvgIpc) is 3.12. The fraction of sp³-hybridized carbons (Fsp3) is 0.611. The molecule has 0 bridgehead atoms. The van der Waals surface area contributed by atoms with Crippen molar-refractivity contribution in [1.29, 1.82) is 0 Å². The van der Waals surface area contributed by atoms with E-state index in [-0.39, 0.29) is 30.5 Å². The van der Waals surface area contributed by atoms with Gasteiger partial charge in [-0.1, -0.05) is 6.07 Å². The van der Waals surface area contributed by atoms with Crippen molar-refractivity contribution in [2.75, 3.05) is 56.5 Å². The molecule has 10 heteroatoms. The zero-order chi connectivity index (χ0) is 20.0. The van der Waals surface area contributed by atoms with E-state index in [0.717, 1.165) is 12.2 Å². The number of nitrogens with zero attached hydrogens (tertiary/aromatic N) is 4. The quantitative estimate of drug-likeness (QED) is 0.630. The van der Waals surface area contributed by atoms with Crippen molar-refractivity contribution in [2.24, 2.45) is 0 Å². The topological polar surface area (TPSA) is 103 Å². The summed E-state index contributed by atoms with van der Waals surface area (Å²) in [7, 11) is -3.42. The summed E-state index contributed by atoms with van der Waals surface area (Å²) in [6.45, 7) is 3.17. The molecular weight excluding hydrogens is 382 g/mol. The SMILES string of the molecule is O=C(CCN1CCCC1=O)NCCS(=O)(=O)N1CCN(c2ccccn2)CC1. The lowest BCUT2D eigenvalue weighted by Gasteiger charge is -2.34. The maximum atomic E-state index is 12.5. The van der Waals surface area contributed by atoms with E-state index in [1.165, 1.54) is 4.31 Å². The normalized spacial score (nSPS) is 18.5. The molecule has 9 nitrogen and oxygen atoms in total. The fourth-order valence-electron chi connectivity index (χ4n) is 3.45. The number of hydrogen-bond donors (Lipinski definition) is 1. The molecule has 2 saturated heterocycles. The van der Waals surface area contributed by atoms with Crippen LogP contribution < -0.4 is 10.2 Å². The highest BCUT2D eigenvalue weighted by molar-refractivity contribution is 7.89. The molecule has 0 radical (unpaired) electrons. The molecule has 28 heavy (non-hydrogen) atoms. The number of likely N-dealkylation sites (tertiary alicyclic amines) is 1. The summed E-state index contributed by atoms with van der Waals surface area (Å²) in [6, 6.07) is 5.67. The summed E-state index contributed by atoms with van der Waals surface area (Å²) in [6.07, 6.45) is 3.31. The molecule has 0 aliphatic carbocycles. The fourth-order valence-corrected chi connectivity index (χ4v) is 4.79. The van der Waals surface area contributed by atoms with Crippen molar-refractivity contribution in [1.82, 2.24) is 19.5 Å². The number of nitrogens with one attached hydrogen (secondary N) is 1. The Bertz CT molecular complexity index is 778. The predicted octanol–water partition coefficient (Wildman–Crippen LogP) is -0.338. The van der Waals surface area contributed by atoms with Crippen LogP contribution in [0.15, 0.2) is 24.4 Å². The second kappa shape index (κ2) is 9.33. The Balaban J connectivity index is 1.37. The van der Waals surface area contributed by atoms with Gasteiger partial charge in [0.2, 0.25) is 21.8 Å². The lowest BCUT2D eigenvalue weighted by Crippen LogP contribution is -2.50. The van der Waals surface area contributed by atoms with Crippen LogP contribution in [-0.4, -0.2) is 86.0 Å². The summed E-state index contributed by atoms with van der Waals surface area (Å²) < 4.78 is 26.5. The van der Waals surface area contributed by atoms with Crippen molar-refractivity contribution in [3.8, 4) is 0 Å². The minimum atomic E-state index is -3.42. The summed E-state index contributed by atoms with van der Waals surface area (Å²) in [5.74, 6) is 0.587. The highest BCUT2D eigenvalue weighted by Crippen LogP contribution is 2.14. The Labute approximate surface area is 165 Å². The second-order valence-electron chi connectivity index (χ2n) is 6.97. The minimum absolute atomic E-state index is 0.0789. The number of amides is 2. The van der Waals surface area contributed by atoms with Gasteiger partial charge in [-0.15, -0.1) is 0 Å². The van der Waals surface area contributed by atoms with Crippen LogP contribution in [0.25, 0.3) is 0 Å². The monoisotopic (exact) mass is 409 g/mol. The molecule has 0 unspecified atom stereocenters. The molecule has 2 fully saturated rings. The Hall–Kier alpha value is -2.20. The van der Waals surface area contributed by atoms with Crippen molar-refractivity contribution in [3.05, 3.63) is 24.4 Å². The molecule has 154 valence electrons. The van der Waals surface area contributed by atoms with E-state index in [4.69, 9.17) is 0 Å². The minimum Gasteiger partial charge on any atom is -0.355 e. The van der Waals surface area contributed by atoms with Gasteiger partial charge < -0.3 is 15.1 Å². The Kier molecular flexibility index (Phi) is 6.84. The van der Waals surface area contributed by atoms with Crippen molar-refractivity contribution < 1.29 is 18.0 Å². The van der Waals surface area contributed by atoms with Crippen LogP contribution in [0.3, 0.4) is 0 Å². The van der Waals surface area contributed by atoms with Gasteiger partial charge in [-0.2, -0.15) is 4.31 Å². The molecule has 0 spiro atoms. The van der Waals surface area contributed by atoms with Gasteiger partial charge in [0, 0.05) is 64.9 Å². The zero-order valence-corrected chi connectivity index (χ0v) is 16.7. The lowest BCUT2D eigenvalue weighted by atomic mass is 10.3. The van der Waals surface area contributed by atoms with Crippen LogP contribution in [0, 0.1) is 0 Å². The number of carbonyl (C=O) groups is 2. The standard InChI is InChI=1S/C18H27N5O4S/c24-17(6-10-22-9-3-5-18(22)25)20-8-15-28(26,27)23-13-11-21(12-14-23)16-4-1-2-7-19-16/h1-2,4,7H,3,5-6,8-15H2,(H,20,24). The van der Waals surface area contributed by atoms with Crippen molar-refractivity contribution in [3.63, 3.8) is 0 Å². The predicted molar refractivity (Wildman–Crippen MR) is 105 cm³/mol.